The molecule has 3 aliphatic carbocycles. The summed E-state index contributed by atoms with van der Waals surface area (Å²) in [7, 11) is 0. The maximum Gasteiger partial charge on any atom is 0.243 e. The van der Waals surface area contributed by atoms with Crippen LogP contribution in [-0.2, 0) is 16.6 Å². The van der Waals surface area contributed by atoms with Crippen molar-refractivity contribution in [1.29, 1.82) is 0 Å². The van der Waals surface area contributed by atoms with Gasteiger partial charge in [-0.25, -0.2) is 4.98 Å². The summed E-state index contributed by atoms with van der Waals surface area (Å²) in [5, 5.41) is 3.08. The summed E-state index contributed by atoms with van der Waals surface area (Å²) in [6, 6.07) is 4.33. The Morgan fingerprint density at radius 3 is 2.90 bits per heavy atom. The van der Waals surface area contributed by atoms with Crippen molar-refractivity contribution < 1.29 is 4.79 Å². The van der Waals surface area contributed by atoms with Crippen LogP contribution in [0.5, 0.6) is 0 Å². The van der Waals surface area contributed by atoms with Crippen molar-refractivity contribution in [3.05, 3.63) is 46.9 Å². The van der Waals surface area contributed by atoms with E-state index in [1.54, 1.807) is 0 Å². The lowest BCUT2D eigenvalue weighted by Crippen LogP contribution is -2.50. The van der Waals surface area contributed by atoms with E-state index in [9.17, 15) is 4.79 Å². The molecule has 2 saturated carbocycles. The summed E-state index contributed by atoms with van der Waals surface area (Å²) in [5.74, 6) is 2.22. The molecular formula is C25H31N3O. The van der Waals surface area contributed by atoms with E-state index in [0.29, 0.717) is 11.8 Å². The highest BCUT2D eigenvalue weighted by atomic mass is 16.1. The molecular weight excluding hydrogens is 358 g/mol. The number of nitrogens with zero attached hydrogens (tertiary/aromatic N) is 2. The van der Waals surface area contributed by atoms with Crippen molar-refractivity contribution in [2.75, 3.05) is 6.54 Å². The fraction of sp³-hybridized carbons (Fsp3) is 0.600. The molecule has 5 atom stereocenters. The average molecular weight is 390 g/mol. The van der Waals surface area contributed by atoms with Gasteiger partial charge in [0, 0.05) is 29.9 Å². The Bertz CT molecular complexity index is 1070. The molecule has 4 heteroatoms. The maximum atomic E-state index is 12.1. The average Bonchev–Trinajstić information content (AvgIpc) is 3.14. The number of pyridine rings is 1. The maximum absolute atomic E-state index is 12.1. The smallest absolute Gasteiger partial charge is 0.243 e. The molecule has 1 aliphatic heterocycles. The molecule has 4 nitrogen and oxygen atoms in total. The Kier molecular flexibility index (Phi) is 3.51. The molecule has 29 heavy (non-hydrogen) atoms. The predicted molar refractivity (Wildman–Crippen MR) is 114 cm³/mol. The van der Waals surface area contributed by atoms with Gasteiger partial charge in [0.15, 0.2) is 0 Å². The molecule has 0 spiro atoms. The fourth-order valence-electron chi connectivity index (χ4n) is 7.67. The van der Waals surface area contributed by atoms with E-state index in [4.69, 9.17) is 4.98 Å². The SMILES string of the molecule is Cc1cccn2c3c(nc12)[C@@]1(C)CC[C@H]2[C@@H](CCC4=CC(=O)NCC[C@@]42C)[C@@H]1C3. The number of allylic oxidation sites excluding steroid dienone is 1. The van der Waals surface area contributed by atoms with E-state index in [0.717, 1.165) is 37.4 Å². The first-order chi connectivity index (χ1) is 13.9. The number of rotatable bonds is 0. The topological polar surface area (TPSA) is 46.4 Å². The molecule has 4 aliphatic rings. The highest BCUT2D eigenvalue weighted by Crippen LogP contribution is 2.63. The van der Waals surface area contributed by atoms with E-state index >= 15 is 0 Å². The van der Waals surface area contributed by atoms with Gasteiger partial charge in [-0.3, -0.25) is 4.79 Å². The third-order valence-corrected chi connectivity index (χ3v) is 9.27. The third kappa shape index (κ3) is 2.21. The van der Waals surface area contributed by atoms with Crippen LogP contribution in [0.1, 0.15) is 62.9 Å². The van der Waals surface area contributed by atoms with Crippen LogP contribution in [0.15, 0.2) is 30.0 Å². The molecule has 2 aromatic heterocycles. The minimum atomic E-state index is 0.117. The Morgan fingerprint density at radius 1 is 1.17 bits per heavy atom. The number of carbonyl (C=O) groups excluding carboxylic acids is 1. The number of hydrogen-bond acceptors (Lipinski definition) is 2. The van der Waals surface area contributed by atoms with E-state index in [1.165, 1.54) is 41.8 Å². The van der Waals surface area contributed by atoms with Crippen molar-refractivity contribution >= 4 is 11.6 Å². The molecule has 1 amide bonds. The number of imidazole rings is 1. The molecule has 2 fully saturated rings. The number of aromatic nitrogens is 2. The standard InChI is InChI=1S/C25H31N3O/c1-15-5-4-12-28-20-14-19-17-7-6-16-13-21(29)26-11-10-24(16,2)18(17)8-9-25(19,3)22(20)27-23(15)28/h4-5,12-13,17-19H,6-11,14H2,1-3H3,(H,26,29)/t17-,18+,19+,24+,25+/m1/s1. The van der Waals surface area contributed by atoms with Crippen LogP contribution in [0.3, 0.4) is 0 Å². The second-order valence-electron chi connectivity index (χ2n) is 10.5. The van der Waals surface area contributed by atoms with Crippen molar-refractivity contribution in [2.24, 2.45) is 23.2 Å². The third-order valence-electron chi connectivity index (χ3n) is 9.27. The summed E-state index contributed by atoms with van der Waals surface area (Å²) in [4.78, 5) is 17.3. The summed E-state index contributed by atoms with van der Waals surface area (Å²) in [6.45, 7) is 7.93. The number of hydrogen-bond donors (Lipinski definition) is 1. The Labute approximate surface area is 172 Å². The van der Waals surface area contributed by atoms with E-state index in [1.807, 2.05) is 6.08 Å². The molecule has 2 aromatic rings. The highest BCUT2D eigenvalue weighted by molar-refractivity contribution is 5.88. The second kappa shape index (κ2) is 5.74. The minimum Gasteiger partial charge on any atom is -0.353 e. The molecule has 3 heterocycles. The number of aryl methyl sites for hydroxylation is 1. The van der Waals surface area contributed by atoms with E-state index in [-0.39, 0.29) is 16.7 Å². The lowest BCUT2D eigenvalue weighted by atomic mass is 9.48. The van der Waals surface area contributed by atoms with Crippen LogP contribution >= 0.6 is 0 Å². The number of nitrogens with one attached hydrogen (secondary N) is 1. The van der Waals surface area contributed by atoms with Gasteiger partial charge >= 0.3 is 0 Å². The summed E-state index contributed by atoms with van der Waals surface area (Å²) < 4.78 is 2.37. The van der Waals surface area contributed by atoms with Gasteiger partial charge in [0.2, 0.25) is 5.91 Å². The zero-order valence-electron chi connectivity index (χ0n) is 17.8. The molecule has 6 rings (SSSR count). The molecule has 0 unspecified atom stereocenters. The van der Waals surface area contributed by atoms with Crippen molar-refractivity contribution in [2.45, 2.75) is 64.7 Å². The van der Waals surface area contributed by atoms with Gasteiger partial charge in [-0.1, -0.05) is 25.5 Å². The van der Waals surface area contributed by atoms with Crippen LogP contribution in [0, 0.1) is 30.1 Å². The number of fused-ring (bicyclic) bond motifs is 9. The van der Waals surface area contributed by atoms with Crippen LogP contribution < -0.4 is 5.32 Å². The number of amides is 1. The first-order valence-corrected chi connectivity index (χ1v) is 11.4. The summed E-state index contributed by atoms with van der Waals surface area (Å²) in [6.07, 6.45) is 11.2. The second-order valence-corrected chi connectivity index (χ2v) is 10.5. The molecule has 152 valence electrons. The fourth-order valence-corrected chi connectivity index (χ4v) is 7.67. The monoisotopic (exact) mass is 389 g/mol. The van der Waals surface area contributed by atoms with Crippen LogP contribution in [0.4, 0.5) is 0 Å². The predicted octanol–water partition coefficient (Wildman–Crippen LogP) is 4.35. The van der Waals surface area contributed by atoms with Crippen LogP contribution in [-0.4, -0.2) is 21.8 Å². The lowest BCUT2D eigenvalue weighted by molar-refractivity contribution is -0.116. The first kappa shape index (κ1) is 17.7. The number of carbonyl (C=O) groups is 1. The quantitative estimate of drug-likeness (QED) is 0.728. The Hall–Kier alpha value is -2.10. The van der Waals surface area contributed by atoms with Gasteiger partial charge in [-0.2, -0.15) is 0 Å². The van der Waals surface area contributed by atoms with Crippen molar-refractivity contribution in [3.8, 4) is 0 Å². The zero-order valence-corrected chi connectivity index (χ0v) is 17.8. The van der Waals surface area contributed by atoms with Gasteiger partial charge < -0.3 is 9.72 Å². The highest BCUT2D eigenvalue weighted by Gasteiger charge is 2.58. The molecule has 0 saturated heterocycles. The lowest BCUT2D eigenvalue weighted by Gasteiger charge is -2.56. The molecule has 0 radical (unpaired) electrons. The molecule has 0 aromatic carbocycles. The van der Waals surface area contributed by atoms with Crippen molar-refractivity contribution in [1.82, 2.24) is 14.7 Å². The van der Waals surface area contributed by atoms with Gasteiger partial charge in [-0.15, -0.1) is 0 Å². The Morgan fingerprint density at radius 2 is 2.03 bits per heavy atom. The van der Waals surface area contributed by atoms with Crippen molar-refractivity contribution in [3.63, 3.8) is 0 Å². The van der Waals surface area contributed by atoms with Gasteiger partial charge in [0.25, 0.3) is 0 Å². The van der Waals surface area contributed by atoms with E-state index in [2.05, 4.69) is 48.8 Å². The van der Waals surface area contributed by atoms with Crippen LogP contribution in [0.25, 0.3) is 5.65 Å². The first-order valence-electron chi connectivity index (χ1n) is 11.4. The normalized spacial score (nSPS) is 38.4. The molecule has 0 bridgehead atoms. The van der Waals surface area contributed by atoms with Gasteiger partial charge in [0.05, 0.1) is 5.69 Å². The van der Waals surface area contributed by atoms with Gasteiger partial charge in [0.1, 0.15) is 5.65 Å². The Balaban J connectivity index is 1.42. The summed E-state index contributed by atoms with van der Waals surface area (Å²) >= 11 is 0. The minimum absolute atomic E-state index is 0.117. The molecule has 1 N–H and O–H groups in total. The van der Waals surface area contributed by atoms with Crippen LogP contribution in [0.2, 0.25) is 0 Å². The van der Waals surface area contributed by atoms with Gasteiger partial charge in [-0.05, 0) is 80.2 Å². The largest absolute Gasteiger partial charge is 0.353 e. The summed E-state index contributed by atoms with van der Waals surface area (Å²) in [5.41, 5.74) is 7.04. The zero-order chi connectivity index (χ0) is 20.0. The van der Waals surface area contributed by atoms with E-state index < -0.39 is 0 Å².